The van der Waals surface area contributed by atoms with Gasteiger partial charge in [-0.2, -0.15) is 0 Å². The molecule has 2 unspecified atom stereocenters. The van der Waals surface area contributed by atoms with Crippen LogP contribution in [0.1, 0.15) is 13.3 Å². The van der Waals surface area contributed by atoms with Gasteiger partial charge < -0.3 is 10.0 Å². The number of alkyl halides is 1. The van der Waals surface area contributed by atoms with Crippen molar-refractivity contribution >= 4 is 11.8 Å². The van der Waals surface area contributed by atoms with Gasteiger partial charge in [0.25, 0.3) is 0 Å². The number of nitrogens with zero attached hydrogens (tertiary/aromatic N) is 1. The molecule has 0 amide bonds. The summed E-state index contributed by atoms with van der Waals surface area (Å²) in [4.78, 5) is 24.6. The van der Waals surface area contributed by atoms with Gasteiger partial charge >= 0.3 is 5.97 Å². The second-order valence-electron chi connectivity index (χ2n) is 5.46. The molecule has 1 N–H and O–H groups in total. The highest BCUT2D eigenvalue weighted by Gasteiger charge is 2.51. The predicted molar refractivity (Wildman–Crippen MR) is 66.1 cm³/mol. The molecule has 4 nitrogen and oxygen atoms in total. The first-order chi connectivity index (χ1) is 9.82. The van der Waals surface area contributed by atoms with E-state index in [-0.39, 0.29) is 12.0 Å². The molecule has 1 saturated carbocycles. The average molecular weight is 299 g/mol. The van der Waals surface area contributed by atoms with Gasteiger partial charge in [-0.15, -0.1) is 0 Å². The van der Waals surface area contributed by atoms with E-state index in [0.29, 0.717) is 0 Å². The van der Waals surface area contributed by atoms with Gasteiger partial charge in [0.1, 0.15) is 11.7 Å². The number of allylic oxidation sites excluding steroid dienone is 2. The Balaban J connectivity index is 2.11. The minimum atomic E-state index is -1.46. The number of aliphatic carboxylic acids is 1. The molecule has 0 bridgehead atoms. The van der Waals surface area contributed by atoms with Gasteiger partial charge in [0, 0.05) is 12.6 Å². The van der Waals surface area contributed by atoms with Gasteiger partial charge in [-0.1, -0.05) is 0 Å². The lowest BCUT2D eigenvalue weighted by Gasteiger charge is -2.40. The van der Waals surface area contributed by atoms with E-state index in [0.717, 1.165) is 12.3 Å². The van der Waals surface area contributed by atoms with Crippen molar-refractivity contribution in [2.75, 3.05) is 0 Å². The lowest BCUT2D eigenvalue weighted by molar-refractivity contribution is -0.136. The van der Waals surface area contributed by atoms with E-state index >= 15 is 0 Å². The van der Waals surface area contributed by atoms with Crippen LogP contribution < -0.4 is 0 Å². The molecule has 21 heavy (non-hydrogen) atoms. The molecule has 0 radical (unpaired) electrons. The van der Waals surface area contributed by atoms with E-state index in [1.807, 2.05) is 0 Å². The van der Waals surface area contributed by atoms with Crippen LogP contribution in [0.2, 0.25) is 0 Å². The highest BCUT2D eigenvalue weighted by molar-refractivity contribution is 6.18. The quantitative estimate of drug-likeness (QED) is 0.793. The standard InChI is InChI=1S/C14H12F3NO3/c1-5-11(17)9(16)2-6-12(5)18(10-3-8(10)15)4-7(13(6)19)14(20)21/h2,4,6,8,10,12H,3H2,1H3,(H,20,21)/t6?,8-,10+,12?/m0/s1. The molecule has 3 rings (SSSR count). The summed E-state index contributed by atoms with van der Waals surface area (Å²) in [6, 6.07) is -1.47. The lowest BCUT2D eigenvalue weighted by Crippen LogP contribution is -2.49. The highest BCUT2D eigenvalue weighted by atomic mass is 19.2. The van der Waals surface area contributed by atoms with Crippen LogP contribution in [-0.2, 0) is 9.59 Å². The summed E-state index contributed by atoms with van der Waals surface area (Å²) >= 11 is 0. The molecule has 2 aliphatic carbocycles. The molecule has 0 aromatic heterocycles. The molecule has 1 heterocycles. The zero-order valence-electron chi connectivity index (χ0n) is 11.0. The van der Waals surface area contributed by atoms with Crippen molar-refractivity contribution in [1.29, 1.82) is 0 Å². The van der Waals surface area contributed by atoms with Crippen molar-refractivity contribution < 1.29 is 27.9 Å². The zero-order chi connectivity index (χ0) is 15.5. The molecule has 0 aromatic rings. The summed E-state index contributed by atoms with van der Waals surface area (Å²) in [7, 11) is 0. The molecule has 7 heteroatoms. The van der Waals surface area contributed by atoms with Crippen LogP contribution in [0.5, 0.6) is 0 Å². The van der Waals surface area contributed by atoms with Gasteiger partial charge in [-0.3, -0.25) is 4.79 Å². The number of hydrogen-bond donors (Lipinski definition) is 1. The molecule has 3 aliphatic rings. The van der Waals surface area contributed by atoms with Crippen LogP contribution >= 0.6 is 0 Å². The second kappa shape index (κ2) is 4.47. The van der Waals surface area contributed by atoms with Gasteiger partial charge in [-0.25, -0.2) is 18.0 Å². The SMILES string of the molecule is CC1=C(F)C(F)=CC2C(=O)C(C(=O)O)=CN([C@@H]3C[C@@H]3F)C12. The minimum absolute atomic E-state index is 0.0202. The Morgan fingerprint density at radius 2 is 2.05 bits per heavy atom. The molecule has 112 valence electrons. The fourth-order valence-electron chi connectivity index (χ4n) is 2.93. The van der Waals surface area contributed by atoms with E-state index in [1.165, 1.54) is 11.8 Å². The van der Waals surface area contributed by atoms with E-state index in [4.69, 9.17) is 5.11 Å². The number of carbonyl (C=O) groups excluding carboxylic acids is 1. The van der Waals surface area contributed by atoms with E-state index < -0.39 is 53.2 Å². The van der Waals surface area contributed by atoms with Crippen LogP contribution in [-0.4, -0.2) is 40.0 Å². The second-order valence-corrected chi connectivity index (χ2v) is 5.46. The largest absolute Gasteiger partial charge is 0.478 e. The lowest BCUT2D eigenvalue weighted by atomic mass is 9.79. The Morgan fingerprint density at radius 1 is 1.43 bits per heavy atom. The Labute approximate surface area is 118 Å². The Hall–Kier alpha value is -2.05. The van der Waals surface area contributed by atoms with Gasteiger partial charge in [-0.05, 0) is 18.6 Å². The fourth-order valence-corrected chi connectivity index (χ4v) is 2.93. The third-order valence-corrected chi connectivity index (χ3v) is 4.13. The number of Topliss-reactive ketones (excluding diaryl/α,β-unsaturated/α-hetero) is 1. The van der Waals surface area contributed by atoms with Crippen LogP contribution in [0.4, 0.5) is 13.2 Å². The summed E-state index contributed by atoms with van der Waals surface area (Å²) in [5, 5.41) is 9.06. The molecular formula is C14H12F3NO3. The third-order valence-electron chi connectivity index (χ3n) is 4.13. The summed E-state index contributed by atoms with van der Waals surface area (Å²) < 4.78 is 40.6. The molecule has 0 aromatic carbocycles. The number of carboxylic acids is 1. The third kappa shape index (κ3) is 1.99. The summed E-state index contributed by atoms with van der Waals surface area (Å²) in [5.74, 6) is -5.64. The topological polar surface area (TPSA) is 57.6 Å². The average Bonchev–Trinajstić information content (AvgIpc) is 3.14. The van der Waals surface area contributed by atoms with Crippen LogP contribution in [0.25, 0.3) is 0 Å². The Morgan fingerprint density at radius 3 is 2.57 bits per heavy atom. The number of hydrogen-bond acceptors (Lipinski definition) is 3. The smallest absolute Gasteiger partial charge is 0.340 e. The van der Waals surface area contributed by atoms with Crippen molar-refractivity contribution in [2.24, 2.45) is 5.92 Å². The molecule has 0 spiro atoms. The number of carbonyl (C=O) groups is 2. The van der Waals surface area contributed by atoms with E-state index in [9.17, 15) is 22.8 Å². The molecule has 4 atom stereocenters. The van der Waals surface area contributed by atoms with Crippen molar-refractivity contribution in [3.8, 4) is 0 Å². The number of halogens is 3. The summed E-state index contributed by atoms with van der Waals surface area (Å²) in [6.45, 7) is 1.33. The van der Waals surface area contributed by atoms with Crippen LogP contribution in [0, 0.1) is 5.92 Å². The maximum atomic E-state index is 13.7. The number of rotatable bonds is 2. The number of fused-ring (bicyclic) bond motifs is 1. The Bertz CT molecular complexity index is 637. The first-order valence-corrected chi connectivity index (χ1v) is 6.47. The van der Waals surface area contributed by atoms with Gasteiger partial charge in [0.2, 0.25) is 0 Å². The maximum Gasteiger partial charge on any atom is 0.340 e. The number of ketones is 1. The van der Waals surface area contributed by atoms with Crippen molar-refractivity contribution in [3.05, 3.63) is 35.1 Å². The Kier molecular flexibility index (Phi) is 2.96. The van der Waals surface area contributed by atoms with Crippen molar-refractivity contribution in [2.45, 2.75) is 31.6 Å². The van der Waals surface area contributed by atoms with Crippen LogP contribution in [0.15, 0.2) is 35.1 Å². The molecule has 1 fully saturated rings. The van der Waals surface area contributed by atoms with E-state index in [1.54, 1.807) is 0 Å². The normalized spacial score (nSPS) is 35.2. The fraction of sp³-hybridized carbons (Fsp3) is 0.429. The minimum Gasteiger partial charge on any atom is -0.478 e. The van der Waals surface area contributed by atoms with Gasteiger partial charge in [0.05, 0.1) is 18.0 Å². The van der Waals surface area contributed by atoms with Crippen molar-refractivity contribution in [3.63, 3.8) is 0 Å². The van der Waals surface area contributed by atoms with Gasteiger partial charge in [0.15, 0.2) is 17.4 Å². The molecule has 0 saturated heterocycles. The summed E-state index contributed by atoms with van der Waals surface area (Å²) in [5.41, 5.74) is -0.553. The first kappa shape index (κ1) is 13.9. The highest BCUT2D eigenvalue weighted by Crippen LogP contribution is 2.44. The maximum absolute atomic E-state index is 13.7. The van der Waals surface area contributed by atoms with Crippen molar-refractivity contribution in [1.82, 2.24) is 4.90 Å². The molecular weight excluding hydrogens is 287 g/mol. The number of carboxylic acid groups (broad SMARTS) is 1. The zero-order valence-corrected chi connectivity index (χ0v) is 11.0. The monoisotopic (exact) mass is 299 g/mol. The predicted octanol–water partition coefficient (Wildman–Crippen LogP) is 2.05. The van der Waals surface area contributed by atoms with E-state index in [2.05, 4.69) is 0 Å². The molecule has 1 aliphatic heterocycles. The van der Waals surface area contributed by atoms with Crippen LogP contribution in [0.3, 0.4) is 0 Å². The first-order valence-electron chi connectivity index (χ1n) is 6.47. The summed E-state index contributed by atoms with van der Waals surface area (Å²) in [6.07, 6.45) is 0.872.